The SMILES string of the molecule is O=C(COc1cccc([C@@H]2CC(=O)Nc3ncnn32)c1)Nc1ccc(Cl)cc1Cl. The first-order valence-electron chi connectivity index (χ1n) is 8.66. The van der Waals surface area contributed by atoms with E-state index in [1.165, 1.54) is 6.33 Å². The molecule has 0 saturated heterocycles. The highest BCUT2D eigenvalue weighted by Gasteiger charge is 2.27. The van der Waals surface area contributed by atoms with Gasteiger partial charge in [0, 0.05) is 5.02 Å². The molecule has 1 aromatic heterocycles. The molecule has 8 nitrogen and oxygen atoms in total. The lowest BCUT2D eigenvalue weighted by molar-refractivity contribution is -0.118. The Balaban J connectivity index is 1.43. The molecule has 2 aromatic carbocycles. The second-order valence-electron chi connectivity index (χ2n) is 6.33. The molecular formula is C19H15Cl2N5O3. The van der Waals surface area contributed by atoms with Crippen LogP contribution < -0.4 is 15.4 Å². The summed E-state index contributed by atoms with van der Waals surface area (Å²) in [4.78, 5) is 28.1. The van der Waals surface area contributed by atoms with Gasteiger partial charge in [-0.3, -0.25) is 14.9 Å². The minimum Gasteiger partial charge on any atom is -0.484 e. The van der Waals surface area contributed by atoms with Gasteiger partial charge in [-0.15, -0.1) is 0 Å². The summed E-state index contributed by atoms with van der Waals surface area (Å²) in [6.07, 6.45) is 1.62. The quantitative estimate of drug-likeness (QED) is 0.643. The van der Waals surface area contributed by atoms with Crippen LogP contribution in [0.5, 0.6) is 5.75 Å². The molecule has 29 heavy (non-hydrogen) atoms. The summed E-state index contributed by atoms with van der Waals surface area (Å²) >= 11 is 11.9. The maximum Gasteiger partial charge on any atom is 0.262 e. The first-order valence-corrected chi connectivity index (χ1v) is 9.42. The highest BCUT2D eigenvalue weighted by molar-refractivity contribution is 6.36. The van der Waals surface area contributed by atoms with Crippen LogP contribution in [-0.2, 0) is 9.59 Å². The number of benzene rings is 2. The number of amides is 2. The van der Waals surface area contributed by atoms with E-state index in [1.807, 2.05) is 6.07 Å². The molecule has 0 saturated carbocycles. The Morgan fingerprint density at radius 3 is 2.97 bits per heavy atom. The zero-order chi connectivity index (χ0) is 20.4. The number of halogens is 2. The average molecular weight is 432 g/mol. The Kier molecular flexibility index (Phi) is 5.37. The van der Waals surface area contributed by atoms with Gasteiger partial charge >= 0.3 is 0 Å². The predicted octanol–water partition coefficient (Wildman–Crippen LogP) is 3.53. The fraction of sp³-hybridized carbons (Fsp3) is 0.158. The lowest BCUT2D eigenvalue weighted by Gasteiger charge is -2.24. The molecule has 10 heteroatoms. The molecule has 1 aliphatic heterocycles. The van der Waals surface area contributed by atoms with Crippen molar-refractivity contribution in [2.24, 2.45) is 0 Å². The number of aromatic nitrogens is 3. The lowest BCUT2D eigenvalue weighted by atomic mass is 10.0. The van der Waals surface area contributed by atoms with E-state index < -0.39 is 0 Å². The van der Waals surface area contributed by atoms with Gasteiger partial charge in [0.2, 0.25) is 11.9 Å². The van der Waals surface area contributed by atoms with Crippen molar-refractivity contribution in [3.05, 3.63) is 64.4 Å². The van der Waals surface area contributed by atoms with Gasteiger partial charge < -0.3 is 10.1 Å². The second kappa shape index (κ2) is 8.10. The Morgan fingerprint density at radius 1 is 1.28 bits per heavy atom. The van der Waals surface area contributed by atoms with E-state index in [0.717, 1.165) is 5.56 Å². The number of carbonyl (C=O) groups excluding carboxylic acids is 2. The smallest absolute Gasteiger partial charge is 0.262 e. The normalized spacial score (nSPS) is 15.4. The third-order valence-corrected chi connectivity index (χ3v) is 4.86. The van der Waals surface area contributed by atoms with Crippen molar-refractivity contribution >= 4 is 46.7 Å². The fourth-order valence-corrected chi connectivity index (χ4v) is 3.46. The van der Waals surface area contributed by atoms with Crippen molar-refractivity contribution in [3.63, 3.8) is 0 Å². The number of hydrogen-bond acceptors (Lipinski definition) is 5. The van der Waals surface area contributed by atoms with Crippen molar-refractivity contribution in [3.8, 4) is 5.75 Å². The Labute approximate surface area is 175 Å². The van der Waals surface area contributed by atoms with E-state index in [0.29, 0.717) is 27.4 Å². The number of fused-ring (bicyclic) bond motifs is 1. The molecule has 0 aliphatic carbocycles. The average Bonchev–Trinajstić information content (AvgIpc) is 3.16. The summed E-state index contributed by atoms with van der Waals surface area (Å²) in [5.74, 6) is 0.389. The van der Waals surface area contributed by atoms with Crippen LogP contribution in [0.2, 0.25) is 10.0 Å². The van der Waals surface area contributed by atoms with E-state index in [-0.39, 0.29) is 30.9 Å². The summed E-state index contributed by atoms with van der Waals surface area (Å²) < 4.78 is 7.25. The molecule has 1 aliphatic rings. The van der Waals surface area contributed by atoms with Crippen LogP contribution >= 0.6 is 23.2 Å². The molecule has 0 spiro atoms. The van der Waals surface area contributed by atoms with E-state index in [2.05, 4.69) is 20.7 Å². The largest absolute Gasteiger partial charge is 0.484 e. The van der Waals surface area contributed by atoms with E-state index >= 15 is 0 Å². The van der Waals surface area contributed by atoms with Gasteiger partial charge in [-0.25, -0.2) is 4.68 Å². The first-order chi connectivity index (χ1) is 14.0. The third-order valence-electron chi connectivity index (χ3n) is 4.32. The van der Waals surface area contributed by atoms with E-state index in [4.69, 9.17) is 27.9 Å². The second-order valence-corrected chi connectivity index (χ2v) is 7.17. The van der Waals surface area contributed by atoms with Crippen LogP contribution in [0.3, 0.4) is 0 Å². The van der Waals surface area contributed by atoms with Crippen LogP contribution in [0.25, 0.3) is 0 Å². The monoisotopic (exact) mass is 431 g/mol. The molecule has 2 amide bonds. The van der Waals surface area contributed by atoms with Crippen LogP contribution in [0.4, 0.5) is 11.6 Å². The van der Waals surface area contributed by atoms with Crippen LogP contribution in [0.1, 0.15) is 18.0 Å². The minimum absolute atomic E-state index is 0.138. The van der Waals surface area contributed by atoms with Crippen molar-refractivity contribution < 1.29 is 14.3 Å². The Hall–Kier alpha value is -3.10. The molecule has 148 valence electrons. The lowest BCUT2D eigenvalue weighted by Crippen LogP contribution is -2.29. The predicted molar refractivity (Wildman–Crippen MR) is 108 cm³/mol. The van der Waals surface area contributed by atoms with Crippen molar-refractivity contribution in [1.82, 2.24) is 14.8 Å². The van der Waals surface area contributed by atoms with Crippen LogP contribution in [0, 0.1) is 0 Å². The summed E-state index contributed by atoms with van der Waals surface area (Å²) in [6, 6.07) is 11.7. The topological polar surface area (TPSA) is 98.1 Å². The molecule has 0 bridgehead atoms. The maximum absolute atomic E-state index is 12.2. The summed E-state index contributed by atoms with van der Waals surface area (Å²) in [5.41, 5.74) is 1.27. The van der Waals surface area contributed by atoms with Crippen LogP contribution in [-0.4, -0.2) is 33.2 Å². The highest BCUT2D eigenvalue weighted by Crippen LogP contribution is 2.30. The zero-order valence-corrected chi connectivity index (χ0v) is 16.4. The van der Waals surface area contributed by atoms with Crippen molar-refractivity contribution in [1.29, 1.82) is 0 Å². The summed E-state index contributed by atoms with van der Waals surface area (Å²) in [5, 5.41) is 10.3. The highest BCUT2D eigenvalue weighted by atomic mass is 35.5. The molecule has 2 N–H and O–H groups in total. The maximum atomic E-state index is 12.2. The van der Waals surface area contributed by atoms with Gasteiger partial charge in [-0.2, -0.15) is 10.1 Å². The molecule has 4 rings (SSSR count). The van der Waals surface area contributed by atoms with Crippen LogP contribution in [0.15, 0.2) is 48.8 Å². The third kappa shape index (κ3) is 4.33. The standard InChI is InChI=1S/C19H15Cl2N5O3/c20-12-4-5-15(14(21)7-12)24-18(28)9-29-13-3-1-2-11(6-13)16-8-17(27)25-19-22-10-23-26(16)19/h1-7,10,16H,8-9H2,(H,24,28)(H,22,23,25,27)/t16-/m0/s1. The Bertz CT molecular complexity index is 1090. The molecule has 3 aromatic rings. The molecule has 1 atom stereocenters. The number of hydrogen-bond donors (Lipinski definition) is 2. The number of nitrogens with one attached hydrogen (secondary N) is 2. The number of anilines is 2. The molecule has 2 heterocycles. The molecule has 0 fully saturated rings. The molecule has 0 unspecified atom stereocenters. The summed E-state index contributed by atoms with van der Waals surface area (Å²) in [7, 11) is 0. The summed E-state index contributed by atoms with van der Waals surface area (Å²) in [6.45, 7) is -0.206. The number of rotatable bonds is 5. The van der Waals surface area contributed by atoms with Gasteiger partial charge in [-0.05, 0) is 35.9 Å². The van der Waals surface area contributed by atoms with Gasteiger partial charge in [-0.1, -0.05) is 35.3 Å². The molecular weight excluding hydrogens is 417 g/mol. The number of nitrogens with zero attached hydrogens (tertiary/aromatic N) is 3. The van der Waals surface area contributed by atoms with E-state index in [9.17, 15) is 9.59 Å². The number of carbonyl (C=O) groups is 2. The van der Waals surface area contributed by atoms with Gasteiger partial charge in [0.25, 0.3) is 5.91 Å². The van der Waals surface area contributed by atoms with Crippen molar-refractivity contribution in [2.45, 2.75) is 12.5 Å². The fourth-order valence-electron chi connectivity index (χ4n) is 3.00. The first kappa shape index (κ1) is 19.2. The van der Waals surface area contributed by atoms with Crippen molar-refractivity contribution in [2.75, 3.05) is 17.2 Å². The number of ether oxygens (including phenoxy) is 1. The van der Waals surface area contributed by atoms with Gasteiger partial charge in [0.05, 0.1) is 23.2 Å². The Morgan fingerprint density at radius 2 is 2.14 bits per heavy atom. The molecule has 0 radical (unpaired) electrons. The van der Waals surface area contributed by atoms with Gasteiger partial charge in [0.1, 0.15) is 12.1 Å². The van der Waals surface area contributed by atoms with E-state index in [1.54, 1.807) is 41.1 Å². The van der Waals surface area contributed by atoms with Gasteiger partial charge in [0.15, 0.2) is 6.61 Å². The zero-order valence-electron chi connectivity index (χ0n) is 14.9. The minimum atomic E-state index is -0.366.